The summed E-state index contributed by atoms with van der Waals surface area (Å²) in [6, 6.07) is 19.2. The number of aliphatic carboxylic acids is 1. The van der Waals surface area contributed by atoms with Gasteiger partial charge < -0.3 is 42.8 Å². The second-order valence-electron chi connectivity index (χ2n) is 13.8. The fourth-order valence-corrected chi connectivity index (χ4v) is 8.00. The second kappa shape index (κ2) is 14.0. The van der Waals surface area contributed by atoms with E-state index in [-0.39, 0.29) is 28.9 Å². The molecule has 0 spiro atoms. The minimum atomic E-state index is -1.11. The van der Waals surface area contributed by atoms with Crippen molar-refractivity contribution >= 4 is 5.97 Å². The minimum absolute atomic E-state index is 0.153. The fraction of sp³-hybridized carbons (Fsp3) is 0.375. The van der Waals surface area contributed by atoms with Crippen LogP contribution in [0, 0.1) is 0 Å². The summed E-state index contributed by atoms with van der Waals surface area (Å²) in [5.41, 5.74) is 5.86. The molecule has 268 valence electrons. The zero-order valence-electron chi connectivity index (χ0n) is 29.6. The fourth-order valence-electron chi connectivity index (χ4n) is 8.00. The number of rotatable bonds is 7. The first-order chi connectivity index (χ1) is 24.6. The first kappa shape index (κ1) is 34.4. The molecule has 4 aliphatic heterocycles. The summed E-state index contributed by atoms with van der Waals surface area (Å²) in [5, 5.41) is 12.2. The van der Waals surface area contributed by atoms with Crippen molar-refractivity contribution in [2.45, 2.75) is 37.8 Å². The van der Waals surface area contributed by atoms with E-state index in [2.05, 4.69) is 11.9 Å². The Hall–Kier alpha value is -5.00. The topological polar surface area (TPSA) is 98.8 Å². The minimum Gasteiger partial charge on any atom is -0.544 e. The van der Waals surface area contributed by atoms with Crippen molar-refractivity contribution in [1.29, 1.82) is 0 Å². The number of carbonyl (C=O) groups is 1. The Bertz CT molecular complexity index is 1950. The highest BCUT2D eigenvalue weighted by molar-refractivity contribution is 5.66. The molecule has 0 fully saturated rings. The summed E-state index contributed by atoms with van der Waals surface area (Å²) in [7, 11) is 8.75. The standard InChI is InChI=1S/C40H43FN2O8/c1-42-14-12-27-20-36(48-5)39(49-23-41)40-38(27)30(42)16-25-8-11-32(46-3)34(18-25)50-28-9-6-24(7-10-28)17-31-29-21-35(51-40)33(47-4)19-26(29)13-15-43(31,2)22-37(44)45/h6-11,18-21,30-31H,12-17,22-23H2,1-5H3. The predicted octanol–water partition coefficient (Wildman–Crippen LogP) is 5.72. The molecule has 4 aromatic carbocycles. The van der Waals surface area contributed by atoms with Crippen molar-refractivity contribution in [2.75, 3.05) is 61.9 Å². The molecule has 6 bridgehead atoms. The van der Waals surface area contributed by atoms with Gasteiger partial charge in [0.1, 0.15) is 18.3 Å². The van der Waals surface area contributed by atoms with Crippen molar-refractivity contribution in [3.05, 3.63) is 94.0 Å². The third-order valence-electron chi connectivity index (χ3n) is 10.7. The number of benzene rings is 4. The molecule has 0 N–H and O–H groups in total. The third-order valence-corrected chi connectivity index (χ3v) is 10.7. The van der Waals surface area contributed by atoms with Crippen LogP contribution in [0.15, 0.2) is 60.7 Å². The van der Waals surface area contributed by atoms with E-state index in [0.29, 0.717) is 72.5 Å². The van der Waals surface area contributed by atoms with Crippen LogP contribution in [0.2, 0.25) is 0 Å². The molecule has 0 aliphatic carbocycles. The van der Waals surface area contributed by atoms with E-state index in [9.17, 15) is 14.3 Å². The lowest BCUT2D eigenvalue weighted by Crippen LogP contribution is -2.56. The number of methoxy groups -OCH3 is 3. The molecular formula is C40H43FN2O8. The Morgan fingerprint density at radius 3 is 2.29 bits per heavy atom. The highest BCUT2D eigenvalue weighted by Crippen LogP contribution is 2.52. The maximum Gasteiger partial charge on any atom is 0.229 e. The number of fused-ring (bicyclic) bond motifs is 2. The van der Waals surface area contributed by atoms with Gasteiger partial charge in [-0.25, -0.2) is 4.39 Å². The van der Waals surface area contributed by atoms with E-state index in [1.807, 2.05) is 67.7 Å². The predicted molar refractivity (Wildman–Crippen MR) is 186 cm³/mol. The smallest absolute Gasteiger partial charge is 0.229 e. The van der Waals surface area contributed by atoms with Crippen molar-refractivity contribution in [1.82, 2.24) is 4.90 Å². The average molecular weight is 699 g/mol. The molecule has 11 heteroatoms. The molecule has 3 atom stereocenters. The molecule has 0 saturated carbocycles. The van der Waals surface area contributed by atoms with Crippen molar-refractivity contribution < 1.29 is 47.2 Å². The van der Waals surface area contributed by atoms with Gasteiger partial charge in [-0.1, -0.05) is 18.2 Å². The lowest BCUT2D eigenvalue weighted by atomic mass is 9.86. The van der Waals surface area contributed by atoms with Gasteiger partial charge in [0, 0.05) is 36.6 Å². The van der Waals surface area contributed by atoms with Crippen LogP contribution in [0.5, 0.6) is 46.0 Å². The van der Waals surface area contributed by atoms with Gasteiger partial charge in [0.2, 0.25) is 12.6 Å². The average Bonchev–Trinajstić information content (AvgIpc) is 3.11. The number of likely N-dealkylation sites (N-methyl/N-ethyl adjacent to an activating group) is 2. The number of quaternary nitrogens is 1. The molecule has 8 rings (SSSR count). The van der Waals surface area contributed by atoms with E-state index >= 15 is 0 Å². The summed E-state index contributed by atoms with van der Waals surface area (Å²) < 4.78 is 50.8. The van der Waals surface area contributed by atoms with Gasteiger partial charge in [-0.15, -0.1) is 0 Å². The normalized spacial score (nSPS) is 20.9. The summed E-state index contributed by atoms with van der Waals surface area (Å²) in [6.07, 6.45) is 2.46. The van der Waals surface area contributed by atoms with Crippen molar-refractivity contribution in [3.63, 3.8) is 0 Å². The quantitative estimate of drug-likeness (QED) is 0.225. The Kier molecular flexibility index (Phi) is 9.43. The van der Waals surface area contributed by atoms with Crippen LogP contribution >= 0.6 is 0 Å². The van der Waals surface area contributed by atoms with Crippen molar-refractivity contribution in [3.8, 4) is 46.0 Å². The first-order valence-electron chi connectivity index (χ1n) is 17.1. The Balaban J connectivity index is 1.49. The lowest BCUT2D eigenvalue weighted by molar-refractivity contribution is -0.936. The van der Waals surface area contributed by atoms with Crippen LogP contribution in [0.1, 0.15) is 45.5 Å². The zero-order valence-corrected chi connectivity index (χ0v) is 29.6. The van der Waals surface area contributed by atoms with E-state index in [1.165, 1.54) is 7.11 Å². The molecule has 51 heavy (non-hydrogen) atoms. The van der Waals surface area contributed by atoms with E-state index in [1.54, 1.807) is 14.2 Å². The van der Waals surface area contributed by atoms with Crippen LogP contribution in [0.3, 0.4) is 0 Å². The number of carbonyl (C=O) groups excluding carboxylic acids is 1. The third kappa shape index (κ3) is 6.52. The molecule has 4 heterocycles. The number of hydrogen-bond donors (Lipinski definition) is 0. The molecule has 4 aromatic rings. The van der Waals surface area contributed by atoms with E-state index < -0.39 is 12.8 Å². The summed E-state index contributed by atoms with van der Waals surface area (Å²) in [4.78, 5) is 14.4. The van der Waals surface area contributed by atoms with Crippen molar-refractivity contribution in [2.24, 2.45) is 0 Å². The number of ether oxygens (including phenoxy) is 6. The number of carboxylic acids is 1. The van der Waals surface area contributed by atoms with Gasteiger partial charge in [-0.05, 0) is 84.6 Å². The van der Waals surface area contributed by atoms with E-state index in [4.69, 9.17) is 28.4 Å². The van der Waals surface area contributed by atoms with Gasteiger partial charge in [-0.3, -0.25) is 4.90 Å². The number of halogens is 1. The summed E-state index contributed by atoms with van der Waals surface area (Å²) in [6.45, 7) is 0.119. The Morgan fingerprint density at radius 1 is 0.882 bits per heavy atom. The highest BCUT2D eigenvalue weighted by Gasteiger charge is 2.41. The highest BCUT2D eigenvalue weighted by atomic mass is 19.1. The van der Waals surface area contributed by atoms with Crippen LogP contribution in [-0.4, -0.2) is 77.3 Å². The maximum atomic E-state index is 14.2. The Morgan fingerprint density at radius 2 is 1.59 bits per heavy atom. The van der Waals surface area contributed by atoms with Crippen LogP contribution in [0.4, 0.5) is 4.39 Å². The Labute approximate surface area is 297 Å². The van der Waals surface area contributed by atoms with Gasteiger partial charge in [0.05, 0.1) is 40.9 Å². The molecule has 3 unspecified atom stereocenters. The molecule has 0 amide bonds. The molecule has 4 aliphatic rings. The number of nitrogens with zero attached hydrogens (tertiary/aromatic N) is 2. The second-order valence-corrected chi connectivity index (χ2v) is 13.8. The summed E-state index contributed by atoms with van der Waals surface area (Å²) >= 11 is 0. The first-order valence-corrected chi connectivity index (χ1v) is 17.1. The SMILES string of the molecule is COc1ccc2cc1Oc1ccc(cc1)CC1c3cc(c(OC)cc3CC[N+]1(C)CC(=O)[O-])Oc1c(OCF)c(OC)cc3c1C(C2)N(C)CC3. The van der Waals surface area contributed by atoms with Gasteiger partial charge in [0.15, 0.2) is 34.5 Å². The van der Waals surface area contributed by atoms with Crippen LogP contribution < -0.4 is 33.5 Å². The lowest BCUT2D eigenvalue weighted by Gasteiger charge is -2.46. The number of carboxylic acid groups (broad SMARTS) is 1. The van der Waals surface area contributed by atoms with Gasteiger partial charge in [0.25, 0.3) is 0 Å². The number of alkyl halides is 1. The van der Waals surface area contributed by atoms with Crippen LogP contribution in [0.25, 0.3) is 0 Å². The molecule has 0 aromatic heterocycles. The monoisotopic (exact) mass is 698 g/mol. The maximum absolute atomic E-state index is 14.2. The largest absolute Gasteiger partial charge is 0.544 e. The zero-order chi connectivity index (χ0) is 35.9. The molecular weight excluding hydrogens is 655 g/mol. The molecule has 0 radical (unpaired) electrons. The number of hydrogen-bond acceptors (Lipinski definition) is 9. The van der Waals surface area contributed by atoms with E-state index in [0.717, 1.165) is 39.9 Å². The van der Waals surface area contributed by atoms with Gasteiger partial charge >= 0.3 is 0 Å². The summed E-state index contributed by atoms with van der Waals surface area (Å²) in [5.74, 6) is 2.47. The molecule has 10 nitrogen and oxygen atoms in total. The van der Waals surface area contributed by atoms with Crippen LogP contribution in [-0.2, 0) is 30.5 Å². The molecule has 0 saturated heterocycles. The van der Waals surface area contributed by atoms with Gasteiger partial charge in [-0.2, -0.15) is 0 Å².